The van der Waals surface area contributed by atoms with Gasteiger partial charge in [0, 0.05) is 17.1 Å². The number of aryl methyl sites for hydroxylation is 2. The first-order chi connectivity index (χ1) is 13.7. The minimum Gasteiger partial charge on any atom is -0.496 e. The van der Waals surface area contributed by atoms with Crippen LogP contribution in [0.15, 0.2) is 41.3 Å². The number of sulfone groups is 1. The Labute approximate surface area is 177 Å². The number of amides is 1. The van der Waals surface area contributed by atoms with Gasteiger partial charge in [-0.05, 0) is 62.1 Å². The van der Waals surface area contributed by atoms with Crippen LogP contribution in [0.2, 0.25) is 5.02 Å². The molecule has 0 aliphatic heterocycles. The number of halogens is 1. The number of carbonyl (C=O) groups is 1. The normalized spacial score (nSPS) is 15.9. The fourth-order valence-corrected chi connectivity index (χ4v) is 6.58. The second-order valence-electron chi connectivity index (χ2n) is 7.61. The van der Waals surface area contributed by atoms with Crippen LogP contribution in [0.25, 0.3) is 0 Å². The second kappa shape index (κ2) is 8.36. The summed E-state index contributed by atoms with van der Waals surface area (Å²) in [6.07, 6.45) is 2.05. The third-order valence-electron chi connectivity index (χ3n) is 5.65. The van der Waals surface area contributed by atoms with Gasteiger partial charge in [-0.25, -0.2) is 8.42 Å². The Morgan fingerprint density at radius 3 is 2.48 bits per heavy atom. The summed E-state index contributed by atoms with van der Waals surface area (Å²) < 4.78 is 31.2. The highest BCUT2D eigenvalue weighted by Crippen LogP contribution is 2.42. The van der Waals surface area contributed by atoms with Crippen molar-refractivity contribution in [2.75, 3.05) is 7.11 Å². The molecule has 1 saturated carbocycles. The van der Waals surface area contributed by atoms with Gasteiger partial charge < -0.3 is 10.1 Å². The molecule has 0 radical (unpaired) electrons. The summed E-state index contributed by atoms with van der Waals surface area (Å²) in [5, 5.41) is 3.36. The average molecular weight is 436 g/mol. The molecule has 3 rings (SSSR count). The SMILES string of the molecule is COc1ccc(Cl)cc1CNC(=O)C1(S(=O)(=O)c2cc(C)ccc2C)CCCC1. The summed E-state index contributed by atoms with van der Waals surface area (Å²) in [5.74, 6) is 0.130. The Morgan fingerprint density at radius 2 is 1.83 bits per heavy atom. The van der Waals surface area contributed by atoms with Crippen molar-refractivity contribution < 1.29 is 17.9 Å². The van der Waals surface area contributed by atoms with Crippen molar-refractivity contribution in [2.24, 2.45) is 0 Å². The maximum atomic E-state index is 13.7. The third-order valence-corrected chi connectivity index (χ3v) is 8.53. The third kappa shape index (κ3) is 4.01. The summed E-state index contributed by atoms with van der Waals surface area (Å²) in [6, 6.07) is 10.5. The Kier molecular flexibility index (Phi) is 6.24. The molecule has 5 nitrogen and oxygen atoms in total. The lowest BCUT2D eigenvalue weighted by Gasteiger charge is -2.28. The first-order valence-electron chi connectivity index (χ1n) is 9.64. The number of ether oxygens (including phenoxy) is 1. The van der Waals surface area contributed by atoms with Crippen molar-refractivity contribution in [3.8, 4) is 5.75 Å². The summed E-state index contributed by atoms with van der Waals surface area (Å²) in [4.78, 5) is 13.5. The molecule has 29 heavy (non-hydrogen) atoms. The second-order valence-corrected chi connectivity index (χ2v) is 10.3. The van der Waals surface area contributed by atoms with Gasteiger partial charge in [0.2, 0.25) is 5.91 Å². The summed E-state index contributed by atoms with van der Waals surface area (Å²) >= 11 is 6.06. The van der Waals surface area contributed by atoms with Crippen LogP contribution in [0.1, 0.15) is 42.4 Å². The molecule has 0 atom stereocenters. The number of hydrogen-bond donors (Lipinski definition) is 1. The summed E-state index contributed by atoms with van der Waals surface area (Å²) in [7, 11) is -2.31. The largest absolute Gasteiger partial charge is 0.496 e. The fraction of sp³-hybridized carbons (Fsp3) is 0.409. The van der Waals surface area contributed by atoms with E-state index in [1.165, 1.54) is 7.11 Å². The quantitative estimate of drug-likeness (QED) is 0.731. The number of hydrogen-bond acceptors (Lipinski definition) is 4. The minimum atomic E-state index is -3.85. The maximum Gasteiger partial charge on any atom is 0.242 e. The summed E-state index contributed by atoms with van der Waals surface area (Å²) in [6.45, 7) is 3.77. The molecule has 0 aromatic heterocycles. The average Bonchev–Trinajstić information content (AvgIpc) is 3.20. The van der Waals surface area contributed by atoms with Gasteiger partial charge in [-0.2, -0.15) is 0 Å². The number of benzene rings is 2. The van der Waals surface area contributed by atoms with Gasteiger partial charge in [-0.1, -0.05) is 36.6 Å². The zero-order valence-corrected chi connectivity index (χ0v) is 18.5. The minimum absolute atomic E-state index is 0.145. The van der Waals surface area contributed by atoms with Gasteiger partial charge in [0.15, 0.2) is 14.6 Å². The van der Waals surface area contributed by atoms with E-state index in [1.807, 2.05) is 13.0 Å². The van der Waals surface area contributed by atoms with E-state index in [2.05, 4.69) is 5.32 Å². The molecule has 1 fully saturated rings. The van der Waals surface area contributed by atoms with E-state index in [0.717, 1.165) is 5.56 Å². The molecule has 2 aromatic rings. The molecule has 156 valence electrons. The molecule has 1 amide bonds. The van der Waals surface area contributed by atoms with Crippen molar-refractivity contribution in [3.05, 3.63) is 58.1 Å². The van der Waals surface area contributed by atoms with E-state index in [1.54, 1.807) is 37.3 Å². The Morgan fingerprint density at radius 1 is 1.14 bits per heavy atom. The van der Waals surface area contributed by atoms with Gasteiger partial charge in [0.25, 0.3) is 0 Å². The van der Waals surface area contributed by atoms with E-state index >= 15 is 0 Å². The number of methoxy groups -OCH3 is 1. The molecule has 1 aliphatic rings. The molecule has 0 spiro atoms. The van der Waals surface area contributed by atoms with E-state index in [4.69, 9.17) is 16.3 Å². The maximum absolute atomic E-state index is 13.7. The molecule has 0 bridgehead atoms. The Bertz CT molecular complexity index is 1030. The highest BCUT2D eigenvalue weighted by molar-refractivity contribution is 7.93. The topological polar surface area (TPSA) is 72.5 Å². The van der Waals surface area contributed by atoms with Crippen LogP contribution >= 0.6 is 11.6 Å². The number of carbonyl (C=O) groups excluding carboxylic acids is 1. The molecule has 0 saturated heterocycles. The predicted octanol–water partition coefficient (Wildman–Crippen LogP) is 4.37. The van der Waals surface area contributed by atoms with Gasteiger partial charge in [0.05, 0.1) is 12.0 Å². The standard InChI is InChI=1S/C22H26ClNO4S/c1-15-6-7-16(2)20(12-15)29(26,27)22(10-4-5-11-22)21(25)24-14-17-13-18(23)8-9-19(17)28-3/h6-9,12-13H,4-5,10-11,14H2,1-3H3,(H,24,25). The zero-order chi connectivity index (χ0) is 21.2. The van der Waals surface area contributed by atoms with Crippen LogP contribution in [-0.4, -0.2) is 26.2 Å². The van der Waals surface area contributed by atoms with Crippen LogP contribution < -0.4 is 10.1 Å². The van der Waals surface area contributed by atoms with Crippen molar-refractivity contribution in [2.45, 2.75) is 55.7 Å². The molecular formula is C22H26ClNO4S. The summed E-state index contributed by atoms with van der Waals surface area (Å²) in [5.41, 5.74) is 2.21. The van der Waals surface area contributed by atoms with Gasteiger partial charge in [0.1, 0.15) is 5.75 Å². The highest BCUT2D eigenvalue weighted by atomic mass is 35.5. The van der Waals surface area contributed by atoms with Crippen LogP contribution in [0.4, 0.5) is 0 Å². The predicted molar refractivity (Wildman–Crippen MR) is 114 cm³/mol. The molecule has 1 N–H and O–H groups in total. The molecule has 0 heterocycles. The smallest absolute Gasteiger partial charge is 0.242 e. The van der Waals surface area contributed by atoms with Crippen LogP contribution in [-0.2, 0) is 21.2 Å². The lowest BCUT2D eigenvalue weighted by atomic mass is 10.1. The van der Waals surface area contributed by atoms with E-state index in [9.17, 15) is 13.2 Å². The van der Waals surface area contributed by atoms with E-state index in [-0.39, 0.29) is 11.4 Å². The molecule has 0 unspecified atom stereocenters. The Hall–Kier alpha value is -2.05. The van der Waals surface area contributed by atoms with Crippen LogP contribution in [0.3, 0.4) is 0 Å². The molecular weight excluding hydrogens is 410 g/mol. The van der Waals surface area contributed by atoms with E-state index in [0.29, 0.717) is 47.6 Å². The Balaban J connectivity index is 1.94. The van der Waals surface area contributed by atoms with Crippen molar-refractivity contribution in [1.82, 2.24) is 5.32 Å². The van der Waals surface area contributed by atoms with Gasteiger partial charge >= 0.3 is 0 Å². The van der Waals surface area contributed by atoms with Crippen molar-refractivity contribution >= 4 is 27.3 Å². The van der Waals surface area contributed by atoms with Gasteiger partial charge in [-0.3, -0.25) is 4.79 Å². The molecule has 2 aromatic carbocycles. The van der Waals surface area contributed by atoms with Crippen molar-refractivity contribution in [1.29, 1.82) is 0 Å². The lowest BCUT2D eigenvalue weighted by Crippen LogP contribution is -2.50. The number of rotatable bonds is 6. The fourth-order valence-electron chi connectivity index (χ4n) is 3.99. The van der Waals surface area contributed by atoms with Gasteiger partial charge in [-0.15, -0.1) is 0 Å². The van der Waals surface area contributed by atoms with Crippen molar-refractivity contribution in [3.63, 3.8) is 0 Å². The van der Waals surface area contributed by atoms with Crippen LogP contribution in [0, 0.1) is 13.8 Å². The van der Waals surface area contributed by atoms with E-state index < -0.39 is 20.5 Å². The highest BCUT2D eigenvalue weighted by Gasteiger charge is 2.53. The van der Waals surface area contributed by atoms with Crippen LogP contribution in [0.5, 0.6) is 5.75 Å². The molecule has 1 aliphatic carbocycles. The first kappa shape index (κ1) is 21.7. The first-order valence-corrected chi connectivity index (χ1v) is 11.5. The zero-order valence-electron chi connectivity index (χ0n) is 16.9. The molecule has 7 heteroatoms. The number of nitrogens with one attached hydrogen (secondary N) is 1. The monoisotopic (exact) mass is 435 g/mol. The lowest BCUT2D eigenvalue weighted by molar-refractivity contribution is -0.123.